The number of carbonyl (C=O) groups is 3. The summed E-state index contributed by atoms with van der Waals surface area (Å²) in [6.07, 6.45) is 10.4. The Morgan fingerprint density at radius 3 is 2.13 bits per heavy atom. The second-order valence-electron chi connectivity index (χ2n) is 21.6. The van der Waals surface area contributed by atoms with Crippen molar-refractivity contribution in [3.05, 3.63) is 102 Å². The van der Waals surface area contributed by atoms with E-state index in [1.54, 1.807) is 11.3 Å². The molecule has 3 aromatic heterocycles. The van der Waals surface area contributed by atoms with E-state index in [0.29, 0.717) is 58.4 Å². The number of piperidine rings is 1. The van der Waals surface area contributed by atoms with Gasteiger partial charge in [-0.2, -0.15) is 5.10 Å². The molecule has 0 spiro atoms. The molecule has 2 aliphatic heterocycles. The highest BCUT2D eigenvalue weighted by atomic mass is 32.1. The average molecular weight is 1100 g/mol. The van der Waals surface area contributed by atoms with Gasteiger partial charge in [0.1, 0.15) is 35.4 Å². The fourth-order valence-corrected chi connectivity index (χ4v) is 11.1. The predicted octanol–water partition coefficient (Wildman–Crippen LogP) is 8.92. The van der Waals surface area contributed by atoms with Gasteiger partial charge < -0.3 is 50.2 Å². The van der Waals surface area contributed by atoms with Crippen LogP contribution in [0.1, 0.15) is 108 Å². The number of hydrogen-bond acceptors (Lipinski definition) is 15. The number of β-amino-alcohol motifs (C(OH)–C–C–N with tert-alkyl or cyclic N) is 1. The summed E-state index contributed by atoms with van der Waals surface area (Å²) in [7, 11) is 0. The number of aromatic nitrogens is 5. The zero-order valence-electron chi connectivity index (χ0n) is 46.3. The molecule has 5 heterocycles. The number of ether oxygens (including phenoxy) is 4. The van der Waals surface area contributed by atoms with E-state index in [1.165, 1.54) is 24.1 Å². The normalized spacial score (nSPS) is 16.2. The summed E-state index contributed by atoms with van der Waals surface area (Å²) in [6.45, 7) is 13.2. The van der Waals surface area contributed by atoms with Gasteiger partial charge in [-0.05, 0) is 105 Å². The fourth-order valence-electron chi connectivity index (χ4n) is 10.2. The SMILES string of the molecule is Cc1ncsc1-c1ccc(CNC(=O)[C@@H]2C[C@@H](O)CN2C(=O)CC(C)(C)CNC(=O)CCCCCOCCOCCOCCCCCCN2CCC(n3nc(-c4ccc(Oc5ccccc5)cc4)c4c(N)ncnc43)CC2)cc1. The molecule has 2 aliphatic rings. The van der Waals surface area contributed by atoms with Crippen molar-refractivity contribution in [2.45, 2.75) is 123 Å². The number of aryl methyl sites for hydroxylation is 1. The fraction of sp³-hybridized carbons (Fsp3) is 0.517. The van der Waals surface area contributed by atoms with Crippen LogP contribution in [0.15, 0.2) is 90.7 Å². The third-order valence-corrected chi connectivity index (χ3v) is 15.7. The first-order chi connectivity index (χ1) is 38.4. The van der Waals surface area contributed by atoms with E-state index in [2.05, 4.69) is 35.2 Å². The molecule has 3 amide bonds. The Morgan fingerprint density at radius 2 is 1.43 bits per heavy atom. The smallest absolute Gasteiger partial charge is 0.243 e. The van der Waals surface area contributed by atoms with Gasteiger partial charge in [-0.15, -0.1) is 11.3 Å². The lowest BCUT2D eigenvalue weighted by molar-refractivity contribution is -0.140. The van der Waals surface area contributed by atoms with Crippen molar-refractivity contribution in [3.63, 3.8) is 0 Å². The summed E-state index contributed by atoms with van der Waals surface area (Å²) < 4.78 is 25.3. The number of rotatable bonds is 31. The number of aliphatic hydroxyl groups excluding tert-OH is 1. The largest absolute Gasteiger partial charge is 0.457 e. The minimum atomic E-state index is -0.772. The Morgan fingerprint density at radius 1 is 0.772 bits per heavy atom. The van der Waals surface area contributed by atoms with Crippen LogP contribution in [0.2, 0.25) is 0 Å². The van der Waals surface area contributed by atoms with E-state index < -0.39 is 17.6 Å². The number of fused-ring (bicyclic) bond motifs is 1. The van der Waals surface area contributed by atoms with E-state index >= 15 is 0 Å². The van der Waals surface area contributed by atoms with Crippen LogP contribution in [0, 0.1) is 12.3 Å². The number of nitrogens with zero attached hydrogens (tertiary/aromatic N) is 7. The molecule has 79 heavy (non-hydrogen) atoms. The lowest BCUT2D eigenvalue weighted by atomic mass is 9.88. The number of nitrogens with one attached hydrogen (secondary N) is 2. The Labute approximate surface area is 468 Å². The monoisotopic (exact) mass is 1100 g/mol. The number of hydrogen-bond donors (Lipinski definition) is 4. The van der Waals surface area contributed by atoms with Gasteiger partial charge >= 0.3 is 0 Å². The summed E-state index contributed by atoms with van der Waals surface area (Å²) >= 11 is 1.59. The highest BCUT2D eigenvalue weighted by Crippen LogP contribution is 2.36. The van der Waals surface area contributed by atoms with Gasteiger partial charge in [-0.3, -0.25) is 14.4 Å². The molecule has 19 heteroatoms. The Balaban J connectivity index is 0.593. The van der Waals surface area contributed by atoms with Crippen molar-refractivity contribution in [2.24, 2.45) is 5.41 Å². The lowest BCUT2D eigenvalue weighted by Gasteiger charge is -2.32. The number of nitrogens with two attached hydrogens (primary N) is 1. The van der Waals surface area contributed by atoms with Crippen LogP contribution in [-0.2, 0) is 35.1 Å². The van der Waals surface area contributed by atoms with Crippen molar-refractivity contribution in [2.75, 3.05) is 78.1 Å². The number of likely N-dealkylation sites (tertiary alicyclic amines) is 2. The second-order valence-corrected chi connectivity index (χ2v) is 22.4. The third kappa shape index (κ3) is 17.6. The number of nitrogen functional groups attached to an aromatic ring is 1. The van der Waals surface area contributed by atoms with E-state index in [9.17, 15) is 19.5 Å². The van der Waals surface area contributed by atoms with Crippen molar-refractivity contribution < 1.29 is 38.4 Å². The van der Waals surface area contributed by atoms with Crippen LogP contribution >= 0.6 is 11.3 Å². The number of carbonyl (C=O) groups excluding carboxylic acids is 3. The first kappa shape index (κ1) is 58.8. The maximum absolute atomic E-state index is 13.5. The molecular formula is C60H80N10O8S. The van der Waals surface area contributed by atoms with Gasteiger partial charge in [0.05, 0.1) is 60.0 Å². The summed E-state index contributed by atoms with van der Waals surface area (Å²) in [5.41, 5.74) is 13.2. The Hall–Kier alpha value is -6.35. The highest BCUT2D eigenvalue weighted by molar-refractivity contribution is 7.13. The van der Waals surface area contributed by atoms with Crippen LogP contribution in [0.3, 0.4) is 0 Å². The van der Waals surface area contributed by atoms with Crippen molar-refractivity contribution in [1.82, 2.24) is 45.2 Å². The minimum Gasteiger partial charge on any atom is -0.457 e. The number of amides is 3. The first-order valence-electron chi connectivity index (χ1n) is 28.2. The van der Waals surface area contributed by atoms with Crippen molar-refractivity contribution in [1.29, 1.82) is 0 Å². The van der Waals surface area contributed by atoms with Crippen LogP contribution in [0.5, 0.6) is 11.5 Å². The van der Waals surface area contributed by atoms with Crippen LogP contribution < -0.4 is 21.1 Å². The lowest BCUT2D eigenvalue weighted by Crippen LogP contribution is -2.47. The summed E-state index contributed by atoms with van der Waals surface area (Å²) in [6, 6.07) is 25.1. The maximum Gasteiger partial charge on any atom is 0.243 e. The summed E-state index contributed by atoms with van der Waals surface area (Å²) in [5, 5.41) is 22.3. The number of unbranched alkanes of at least 4 members (excludes halogenated alkanes) is 5. The molecule has 0 aliphatic carbocycles. The van der Waals surface area contributed by atoms with Crippen LogP contribution in [0.4, 0.5) is 5.82 Å². The number of anilines is 1. The molecule has 3 aromatic carbocycles. The molecule has 2 atom stereocenters. The first-order valence-corrected chi connectivity index (χ1v) is 29.1. The molecule has 0 radical (unpaired) electrons. The molecule has 6 aromatic rings. The molecule has 2 fully saturated rings. The average Bonchev–Trinajstić information content (AvgIpc) is 4.33. The van der Waals surface area contributed by atoms with E-state index in [4.69, 9.17) is 29.8 Å². The van der Waals surface area contributed by atoms with Crippen LogP contribution in [0.25, 0.3) is 32.7 Å². The van der Waals surface area contributed by atoms with Gasteiger partial charge in [0.15, 0.2) is 5.65 Å². The van der Waals surface area contributed by atoms with Crippen molar-refractivity contribution in [3.8, 4) is 33.2 Å². The molecule has 424 valence electrons. The number of para-hydroxylation sites is 1. The number of aliphatic hydroxyl groups is 1. The summed E-state index contributed by atoms with van der Waals surface area (Å²) in [5.74, 6) is 1.41. The Bertz CT molecular complexity index is 2840. The molecule has 0 bridgehead atoms. The molecule has 8 rings (SSSR count). The molecule has 18 nitrogen and oxygen atoms in total. The highest BCUT2D eigenvalue weighted by Gasteiger charge is 2.40. The topological polar surface area (TPSA) is 221 Å². The summed E-state index contributed by atoms with van der Waals surface area (Å²) in [4.78, 5) is 57.9. The molecule has 2 saturated heterocycles. The quantitative estimate of drug-likeness (QED) is 0.0299. The van der Waals surface area contributed by atoms with Gasteiger partial charge in [-0.1, -0.05) is 75.6 Å². The molecular weight excluding hydrogens is 1020 g/mol. The van der Waals surface area contributed by atoms with Crippen LogP contribution in [-0.4, -0.2) is 142 Å². The second kappa shape index (κ2) is 29.7. The Kier molecular flexibility index (Phi) is 22.1. The molecule has 0 unspecified atom stereocenters. The van der Waals surface area contributed by atoms with E-state index in [1.807, 2.05) is 105 Å². The molecule has 5 N–H and O–H groups in total. The number of thiazole rings is 1. The number of benzene rings is 3. The van der Waals surface area contributed by atoms with E-state index in [-0.39, 0.29) is 43.1 Å². The van der Waals surface area contributed by atoms with Gasteiger partial charge in [0.25, 0.3) is 0 Å². The molecule has 0 saturated carbocycles. The third-order valence-electron chi connectivity index (χ3n) is 14.7. The van der Waals surface area contributed by atoms with Gasteiger partial charge in [-0.25, -0.2) is 19.6 Å². The standard InChI is InChI=1S/C60H80N10O8S/c1-43-56(79-42-66-43)46-19-17-44(18-20-46)38-62-59(74)51-36-48(71)39-69(51)53(73)37-60(2,3)40-63-52(72)16-10-7-13-31-76-33-35-77-34-32-75-30-12-5-4-11-27-68-28-25-47(26-29-68)70-58-54(57(61)64-41-65-58)55(67-70)45-21-23-50(24-22-45)78-49-14-8-6-9-15-49/h6,8-9,14-15,17-24,41-42,47-48,51,71H,4-5,7,10-13,16,25-40H2,1-3H3,(H,62,74)(H,63,72)(H2,61,64,65)/t48-,51+/m1/s1. The predicted molar refractivity (Wildman–Crippen MR) is 307 cm³/mol. The maximum atomic E-state index is 13.5. The van der Waals surface area contributed by atoms with E-state index in [0.717, 1.165) is 127 Å². The van der Waals surface area contributed by atoms with Crippen molar-refractivity contribution >= 4 is 45.9 Å². The minimum absolute atomic E-state index is 0.0571. The van der Waals surface area contributed by atoms with Gasteiger partial charge in [0, 0.05) is 70.8 Å². The van der Waals surface area contributed by atoms with Gasteiger partial charge in [0.2, 0.25) is 17.7 Å². The zero-order chi connectivity index (χ0) is 55.4. The zero-order valence-corrected chi connectivity index (χ0v) is 47.1.